The van der Waals surface area contributed by atoms with E-state index in [1.165, 1.54) is 6.42 Å². The van der Waals surface area contributed by atoms with Gasteiger partial charge < -0.3 is 5.32 Å². The highest BCUT2D eigenvalue weighted by Crippen LogP contribution is 2.39. The predicted octanol–water partition coefficient (Wildman–Crippen LogP) is 3.14. The van der Waals surface area contributed by atoms with Gasteiger partial charge in [-0.3, -0.25) is 4.79 Å². The van der Waals surface area contributed by atoms with Crippen molar-refractivity contribution in [1.29, 1.82) is 0 Å². The van der Waals surface area contributed by atoms with Crippen LogP contribution in [0.2, 0.25) is 0 Å². The van der Waals surface area contributed by atoms with Crippen molar-refractivity contribution in [2.24, 2.45) is 11.8 Å². The Morgan fingerprint density at radius 2 is 2.18 bits per heavy atom. The van der Waals surface area contributed by atoms with Crippen molar-refractivity contribution in [2.45, 2.75) is 18.9 Å². The number of amides is 1. The summed E-state index contributed by atoms with van der Waals surface area (Å²) in [5.74, 6) is 1.28. The van der Waals surface area contributed by atoms with Crippen LogP contribution in [0.4, 0.5) is 0 Å². The molecule has 3 unspecified atom stereocenters. The zero-order valence-electron chi connectivity index (χ0n) is 9.40. The third-order valence-corrected chi connectivity index (χ3v) is 4.18. The van der Waals surface area contributed by atoms with Crippen LogP contribution in [0, 0.1) is 11.8 Å². The molecule has 0 radical (unpaired) electrons. The maximum atomic E-state index is 12.1. The molecule has 1 aromatic carbocycles. The Kier molecular flexibility index (Phi) is 2.79. The molecule has 0 aliphatic heterocycles. The van der Waals surface area contributed by atoms with Crippen molar-refractivity contribution < 1.29 is 4.79 Å². The lowest BCUT2D eigenvalue weighted by Gasteiger charge is -2.19. The van der Waals surface area contributed by atoms with Crippen LogP contribution in [-0.2, 0) is 0 Å². The third kappa shape index (κ3) is 2.16. The van der Waals surface area contributed by atoms with Crippen molar-refractivity contribution in [3.05, 3.63) is 46.5 Å². The topological polar surface area (TPSA) is 29.1 Å². The molecule has 1 fully saturated rings. The second kappa shape index (κ2) is 4.30. The van der Waals surface area contributed by atoms with Gasteiger partial charge in [0.05, 0.1) is 0 Å². The molecule has 0 heterocycles. The Morgan fingerprint density at radius 3 is 2.82 bits per heavy atom. The predicted molar refractivity (Wildman–Crippen MR) is 70.8 cm³/mol. The zero-order chi connectivity index (χ0) is 11.8. The molecule has 1 amide bonds. The van der Waals surface area contributed by atoms with E-state index >= 15 is 0 Å². The minimum Gasteiger partial charge on any atom is -0.349 e. The van der Waals surface area contributed by atoms with E-state index < -0.39 is 0 Å². The van der Waals surface area contributed by atoms with E-state index in [-0.39, 0.29) is 5.91 Å². The number of carbonyl (C=O) groups excluding carboxylic acids is 1. The highest BCUT2D eigenvalue weighted by atomic mass is 79.9. The van der Waals surface area contributed by atoms with Crippen molar-refractivity contribution >= 4 is 21.8 Å². The fourth-order valence-electron chi connectivity index (χ4n) is 2.83. The van der Waals surface area contributed by atoms with Gasteiger partial charge in [-0.2, -0.15) is 0 Å². The highest BCUT2D eigenvalue weighted by molar-refractivity contribution is 9.10. The van der Waals surface area contributed by atoms with Gasteiger partial charge >= 0.3 is 0 Å². The molecule has 1 N–H and O–H groups in total. The second-order valence-corrected chi connectivity index (χ2v) is 5.79. The SMILES string of the molecule is O=C(NC1CC2C=CC1C2)c1cccc(Br)c1. The van der Waals surface area contributed by atoms with Crippen LogP contribution in [0.1, 0.15) is 23.2 Å². The molecule has 17 heavy (non-hydrogen) atoms. The number of hydrogen-bond acceptors (Lipinski definition) is 1. The first-order valence-electron chi connectivity index (χ1n) is 5.97. The maximum Gasteiger partial charge on any atom is 0.251 e. The van der Waals surface area contributed by atoms with Gasteiger partial charge in [0.25, 0.3) is 5.91 Å². The van der Waals surface area contributed by atoms with Gasteiger partial charge in [-0.15, -0.1) is 0 Å². The summed E-state index contributed by atoms with van der Waals surface area (Å²) in [6.07, 6.45) is 6.84. The number of carbonyl (C=O) groups is 1. The summed E-state index contributed by atoms with van der Waals surface area (Å²) in [5.41, 5.74) is 0.728. The lowest BCUT2D eigenvalue weighted by Crippen LogP contribution is -2.37. The van der Waals surface area contributed by atoms with Crippen molar-refractivity contribution in [3.8, 4) is 0 Å². The summed E-state index contributed by atoms with van der Waals surface area (Å²) < 4.78 is 0.943. The van der Waals surface area contributed by atoms with E-state index in [2.05, 4.69) is 33.4 Å². The summed E-state index contributed by atoms with van der Waals surface area (Å²) in [6.45, 7) is 0. The fraction of sp³-hybridized carbons (Fsp3) is 0.357. The van der Waals surface area contributed by atoms with Gasteiger partial charge in [-0.1, -0.05) is 34.1 Å². The Labute approximate surface area is 109 Å². The van der Waals surface area contributed by atoms with Crippen molar-refractivity contribution in [3.63, 3.8) is 0 Å². The summed E-state index contributed by atoms with van der Waals surface area (Å²) in [4.78, 5) is 12.1. The van der Waals surface area contributed by atoms with E-state index in [0.29, 0.717) is 17.9 Å². The van der Waals surface area contributed by atoms with Crippen LogP contribution >= 0.6 is 15.9 Å². The minimum absolute atomic E-state index is 0.0391. The first-order valence-corrected chi connectivity index (χ1v) is 6.76. The Balaban J connectivity index is 1.70. The molecule has 0 saturated heterocycles. The van der Waals surface area contributed by atoms with Gasteiger partial charge in [0, 0.05) is 16.1 Å². The zero-order valence-corrected chi connectivity index (χ0v) is 11.0. The van der Waals surface area contributed by atoms with Crippen molar-refractivity contribution in [1.82, 2.24) is 5.32 Å². The molecule has 3 heteroatoms. The number of halogens is 1. The molecular formula is C14H14BrNO. The smallest absolute Gasteiger partial charge is 0.251 e. The van der Waals surface area contributed by atoms with E-state index in [9.17, 15) is 4.79 Å². The van der Waals surface area contributed by atoms with Crippen LogP contribution in [-0.4, -0.2) is 11.9 Å². The Hall–Kier alpha value is -1.09. The molecule has 0 spiro atoms. The van der Waals surface area contributed by atoms with Gasteiger partial charge in [0.1, 0.15) is 0 Å². The first-order chi connectivity index (χ1) is 8.22. The molecule has 88 valence electrons. The normalized spacial score (nSPS) is 29.6. The average Bonchev–Trinajstić information content (AvgIpc) is 2.91. The molecule has 0 aromatic heterocycles. The summed E-state index contributed by atoms with van der Waals surface area (Å²) in [6, 6.07) is 7.86. The first kappa shape index (κ1) is 11.0. The van der Waals surface area contributed by atoms with Gasteiger partial charge in [0.2, 0.25) is 0 Å². The number of fused-ring (bicyclic) bond motifs is 2. The van der Waals surface area contributed by atoms with Crippen LogP contribution in [0.5, 0.6) is 0 Å². The average molecular weight is 292 g/mol. The molecule has 3 atom stereocenters. The summed E-state index contributed by atoms with van der Waals surface area (Å²) in [7, 11) is 0. The molecule has 2 bridgehead atoms. The van der Waals surface area contributed by atoms with E-state index in [4.69, 9.17) is 0 Å². The molecule has 2 aliphatic carbocycles. The van der Waals surface area contributed by atoms with Crippen LogP contribution in [0.3, 0.4) is 0 Å². The lowest BCUT2D eigenvalue weighted by atomic mass is 10.0. The van der Waals surface area contributed by atoms with E-state index in [0.717, 1.165) is 16.5 Å². The van der Waals surface area contributed by atoms with Crippen LogP contribution in [0.25, 0.3) is 0 Å². The van der Waals surface area contributed by atoms with Crippen LogP contribution in [0.15, 0.2) is 40.9 Å². The Morgan fingerprint density at radius 1 is 1.29 bits per heavy atom. The lowest BCUT2D eigenvalue weighted by molar-refractivity contribution is 0.0931. The Bertz CT molecular complexity index is 483. The van der Waals surface area contributed by atoms with Crippen molar-refractivity contribution in [2.75, 3.05) is 0 Å². The van der Waals surface area contributed by atoms with Crippen LogP contribution < -0.4 is 5.32 Å². The molecule has 2 aliphatic rings. The summed E-state index contributed by atoms with van der Waals surface area (Å²) >= 11 is 3.38. The minimum atomic E-state index is 0.0391. The van der Waals surface area contributed by atoms with E-state index in [1.54, 1.807) is 0 Å². The molecular weight excluding hydrogens is 278 g/mol. The number of hydrogen-bond donors (Lipinski definition) is 1. The molecule has 1 saturated carbocycles. The third-order valence-electron chi connectivity index (χ3n) is 3.68. The van der Waals surface area contributed by atoms with Gasteiger partial charge in [0.15, 0.2) is 0 Å². The maximum absolute atomic E-state index is 12.1. The fourth-order valence-corrected chi connectivity index (χ4v) is 3.23. The largest absolute Gasteiger partial charge is 0.349 e. The number of benzene rings is 1. The second-order valence-electron chi connectivity index (χ2n) is 4.87. The monoisotopic (exact) mass is 291 g/mol. The number of nitrogens with one attached hydrogen (secondary N) is 1. The van der Waals surface area contributed by atoms with Gasteiger partial charge in [-0.25, -0.2) is 0 Å². The highest BCUT2D eigenvalue weighted by Gasteiger charge is 2.36. The standard InChI is InChI=1S/C14H14BrNO/c15-12-3-1-2-11(8-12)14(17)16-13-7-9-4-5-10(13)6-9/h1-5,8-10,13H,6-7H2,(H,16,17). The number of rotatable bonds is 2. The summed E-state index contributed by atoms with van der Waals surface area (Å²) in [5, 5.41) is 3.14. The molecule has 3 rings (SSSR count). The molecule has 2 nitrogen and oxygen atoms in total. The van der Waals surface area contributed by atoms with E-state index in [1.807, 2.05) is 24.3 Å². The molecule has 1 aromatic rings. The number of allylic oxidation sites excluding steroid dienone is 1. The van der Waals surface area contributed by atoms with Gasteiger partial charge in [-0.05, 0) is 42.9 Å². The quantitative estimate of drug-likeness (QED) is 0.834.